The zero-order chi connectivity index (χ0) is 15.4. The van der Waals surface area contributed by atoms with Crippen LogP contribution in [-0.2, 0) is 9.84 Å². The predicted octanol–water partition coefficient (Wildman–Crippen LogP) is 1.37. The fourth-order valence-electron chi connectivity index (χ4n) is 1.71. The molecule has 0 radical (unpaired) electrons. The second-order valence-corrected chi connectivity index (χ2v) is 6.93. The standard InChI is InChI=1S/C14H21NO4S/c1-4-14(17,5-2)10-15-13(16)11-7-6-8-12(9-11)20(3,18)19/h6-9,17H,4-5,10H2,1-3H3,(H,15,16). The lowest BCUT2D eigenvalue weighted by atomic mass is 9.97. The fourth-order valence-corrected chi connectivity index (χ4v) is 2.38. The monoisotopic (exact) mass is 299 g/mol. The molecule has 1 amide bonds. The minimum atomic E-state index is -3.34. The molecule has 0 saturated carbocycles. The number of benzene rings is 1. The molecule has 1 aromatic carbocycles. The molecular formula is C14H21NO4S. The van der Waals surface area contributed by atoms with E-state index in [1.807, 2.05) is 13.8 Å². The Bertz CT molecular complexity index is 577. The summed E-state index contributed by atoms with van der Waals surface area (Å²) in [7, 11) is -3.34. The third kappa shape index (κ3) is 4.31. The van der Waals surface area contributed by atoms with Crippen molar-refractivity contribution < 1.29 is 18.3 Å². The van der Waals surface area contributed by atoms with Crippen LogP contribution in [0.4, 0.5) is 0 Å². The quantitative estimate of drug-likeness (QED) is 0.831. The average molecular weight is 299 g/mol. The van der Waals surface area contributed by atoms with Crippen molar-refractivity contribution in [1.82, 2.24) is 5.32 Å². The van der Waals surface area contributed by atoms with Crippen molar-refractivity contribution in [3.05, 3.63) is 29.8 Å². The number of hydrogen-bond acceptors (Lipinski definition) is 4. The predicted molar refractivity (Wildman–Crippen MR) is 77.4 cm³/mol. The van der Waals surface area contributed by atoms with Gasteiger partial charge < -0.3 is 10.4 Å². The number of nitrogens with one attached hydrogen (secondary N) is 1. The Morgan fingerprint density at radius 3 is 2.40 bits per heavy atom. The molecule has 2 N–H and O–H groups in total. The highest BCUT2D eigenvalue weighted by molar-refractivity contribution is 7.90. The molecule has 0 aliphatic carbocycles. The van der Waals surface area contributed by atoms with E-state index in [2.05, 4.69) is 5.32 Å². The smallest absolute Gasteiger partial charge is 0.251 e. The lowest BCUT2D eigenvalue weighted by Gasteiger charge is -2.25. The summed E-state index contributed by atoms with van der Waals surface area (Å²) >= 11 is 0. The van der Waals surface area contributed by atoms with E-state index in [4.69, 9.17) is 0 Å². The number of carbonyl (C=O) groups is 1. The summed E-state index contributed by atoms with van der Waals surface area (Å²) in [4.78, 5) is 12.1. The molecule has 0 heterocycles. The Morgan fingerprint density at radius 2 is 1.90 bits per heavy atom. The normalized spacial score (nSPS) is 12.2. The molecule has 0 unspecified atom stereocenters. The van der Waals surface area contributed by atoms with Crippen LogP contribution in [0, 0.1) is 0 Å². The first kappa shape index (κ1) is 16.7. The Morgan fingerprint density at radius 1 is 1.30 bits per heavy atom. The van der Waals surface area contributed by atoms with Gasteiger partial charge in [0.2, 0.25) is 0 Å². The van der Waals surface area contributed by atoms with Crippen LogP contribution in [0.1, 0.15) is 37.0 Å². The third-order valence-electron chi connectivity index (χ3n) is 3.42. The van der Waals surface area contributed by atoms with Gasteiger partial charge in [0.15, 0.2) is 9.84 Å². The number of aliphatic hydroxyl groups is 1. The minimum Gasteiger partial charge on any atom is -0.388 e. The third-order valence-corrected chi connectivity index (χ3v) is 4.53. The average Bonchev–Trinajstić information content (AvgIpc) is 2.43. The van der Waals surface area contributed by atoms with E-state index in [9.17, 15) is 18.3 Å². The number of rotatable bonds is 6. The van der Waals surface area contributed by atoms with Gasteiger partial charge in [0.05, 0.1) is 10.5 Å². The SMILES string of the molecule is CCC(O)(CC)CNC(=O)c1cccc(S(C)(=O)=O)c1. The lowest BCUT2D eigenvalue weighted by molar-refractivity contribution is 0.0314. The summed E-state index contributed by atoms with van der Waals surface area (Å²) in [5.74, 6) is -0.393. The molecule has 0 fully saturated rings. The topological polar surface area (TPSA) is 83.5 Å². The molecule has 5 nitrogen and oxygen atoms in total. The van der Waals surface area contributed by atoms with Crippen LogP contribution in [0.3, 0.4) is 0 Å². The molecule has 0 aromatic heterocycles. The molecule has 20 heavy (non-hydrogen) atoms. The van der Waals surface area contributed by atoms with Gasteiger partial charge in [0.25, 0.3) is 5.91 Å². The summed E-state index contributed by atoms with van der Waals surface area (Å²) in [6, 6.07) is 5.85. The van der Waals surface area contributed by atoms with Crippen molar-refractivity contribution in [2.75, 3.05) is 12.8 Å². The first-order chi connectivity index (χ1) is 9.22. The van der Waals surface area contributed by atoms with E-state index >= 15 is 0 Å². The van der Waals surface area contributed by atoms with Crippen LogP contribution in [0.2, 0.25) is 0 Å². The molecule has 0 aliphatic heterocycles. The van der Waals surface area contributed by atoms with Crippen LogP contribution in [0.15, 0.2) is 29.2 Å². The molecule has 1 aromatic rings. The van der Waals surface area contributed by atoms with E-state index < -0.39 is 21.3 Å². The van der Waals surface area contributed by atoms with Crippen LogP contribution in [0.5, 0.6) is 0 Å². The van der Waals surface area contributed by atoms with Crippen molar-refractivity contribution in [2.24, 2.45) is 0 Å². The zero-order valence-electron chi connectivity index (χ0n) is 12.0. The first-order valence-electron chi connectivity index (χ1n) is 6.52. The summed E-state index contributed by atoms with van der Waals surface area (Å²) < 4.78 is 22.9. The number of sulfone groups is 1. The second-order valence-electron chi connectivity index (χ2n) is 4.91. The van der Waals surface area contributed by atoms with Crippen LogP contribution < -0.4 is 5.32 Å². The number of carbonyl (C=O) groups excluding carboxylic acids is 1. The summed E-state index contributed by atoms with van der Waals surface area (Å²) in [5.41, 5.74) is -0.660. The van der Waals surface area contributed by atoms with Crippen molar-refractivity contribution >= 4 is 15.7 Å². The zero-order valence-corrected chi connectivity index (χ0v) is 12.8. The van der Waals surface area contributed by atoms with Gasteiger partial charge in [-0.1, -0.05) is 19.9 Å². The van der Waals surface area contributed by atoms with Gasteiger partial charge in [-0.3, -0.25) is 4.79 Å². The van der Waals surface area contributed by atoms with E-state index in [1.165, 1.54) is 18.2 Å². The van der Waals surface area contributed by atoms with Gasteiger partial charge in [-0.2, -0.15) is 0 Å². The summed E-state index contributed by atoms with van der Waals surface area (Å²) in [6.07, 6.45) is 2.16. The van der Waals surface area contributed by atoms with E-state index in [0.717, 1.165) is 6.26 Å². The van der Waals surface area contributed by atoms with Crippen LogP contribution in [0.25, 0.3) is 0 Å². The maximum absolute atomic E-state index is 12.0. The van der Waals surface area contributed by atoms with E-state index in [1.54, 1.807) is 6.07 Å². The molecule has 0 aliphatic rings. The highest BCUT2D eigenvalue weighted by atomic mass is 32.2. The Labute approximate surface area is 119 Å². The van der Waals surface area contributed by atoms with Crippen molar-refractivity contribution in [3.63, 3.8) is 0 Å². The van der Waals surface area contributed by atoms with Gasteiger partial charge in [-0.15, -0.1) is 0 Å². The Balaban J connectivity index is 2.84. The van der Waals surface area contributed by atoms with Gasteiger partial charge in [-0.25, -0.2) is 8.42 Å². The van der Waals surface area contributed by atoms with Crippen LogP contribution >= 0.6 is 0 Å². The van der Waals surface area contributed by atoms with Crippen molar-refractivity contribution in [1.29, 1.82) is 0 Å². The molecule has 0 atom stereocenters. The Kier molecular flexibility index (Phi) is 5.30. The van der Waals surface area contributed by atoms with Gasteiger partial charge in [0.1, 0.15) is 0 Å². The highest BCUT2D eigenvalue weighted by Crippen LogP contribution is 2.14. The fraction of sp³-hybridized carbons (Fsp3) is 0.500. The summed E-state index contributed by atoms with van der Waals surface area (Å²) in [6.45, 7) is 3.84. The number of amides is 1. The highest BCUT2D eigenvalue weighted by Gasteiger charge is 2.23. The maximum atomic E-state index is 12.0. The molecule has 0 bridgehead atoms. The molecule has 6 heteroatoms. The first-order valence-corrected chi connectivity index (χ1v) is 8.41. The largest absolute Gasteiger partial charge is 0.388 e. The molecular weight excluding hydrogens is 278 g/mol. The molecule has 112 valence electrons. The lowest BCUT2D eigenvalue weighted by Crippen LogP contribution is -2.42. The van der Waals surface area contributed by atoms with Gasteiger partial charge >= 0.3 is 0 Å². The van der Waals surface area contributed by atoms with E-state index in [-0.39, 0.29) is 17.0 Å². The van der Waals surface area contributed by atoms with Gasteiger partial charge in [0, 0.05) is 18.4 Å². The van der Waals surface area contributed by atoms with E-state index in [0.29, 0.717) is 12.8 Å². The molecule has 0 saturated heterocycles. The number of hydrogen-bond donors (Lipinski definition) is 2. The van der Waals surface area contributed by atoms with Crippen molar-refractivity contribution in [2.45, 2.75) is 37.2 Å². The maximum Gasteiger partial charge on any atom is 0.251 e. The minimum absolute atomic E-state index is 0.103. The van der Waals surface area contributed by atoms with Crippen molar-refractivity contribution in [3.8, 4) is 0 Å². The Hall–Kier alpha value is -1.40. The van der Waals surface area contributed by atoms with Gasteiger partial charge in [-0.05, 0) is 31.0 Å². The van der Waals surface area contributed by atoms with Crippen LogP contribution in [-0.4, -0.2) is 37.8 Å². The molecule has 0 spiro atoms. The molecule has 1 rings (SSSR count). The second kappa shape index (κ2) is 6.37. The summed E-state index contributed by atoms with van der Waals surface area (Å²) in [5, 5.41) is 12.7.